The predicted molar refractivity (Wildman–Crippen MR) is 58.7 cm³/mol. The van der Waals surface area contributed by atoms with E-state index >= 15 is 0 Å². The van der Waals surface area contributed by atoms with Gasteiger partial charge in [-0.2, -0.15) is 0 Å². The number of hydrogen-bond donors (Lipinski definition) is 3. The van der Waals surface area contributed by atoms with Crippen LogP contribution in [0.3, 0.4) is 0 Å². The van der Waals surface area contributed by atoms with Crippen molar-refractivity contribution in [2.45, 2.75) is 32.4 Å². The van der Waals surface area contributed by atoms with Crippen molar-refractivity contribution < 1.29 is 24.2 Å². The monoisotopic (exact) mass is 241 g/mol. The van der Waals surface area contributed by atoms with Crippen LogP contribution in [0.15, 0.2) is 16.5 Å². The Balaban J connectivity index is 2.73. The normalized spacial score (nSPS) is 14.1. The number of aryl methyl sites for hydroxylation is 1. The van der Waals surface area contributed by atoms with Crippen molar-refractivity contribution in [3.8, 4) is 0 Å². The van der Waals surface area contributed by atoms with E-state index < -0.39 is 24.0 Å². The number of carboxylic acids is 1. The summed E-state index contributed by atoms with van der Waals surface area (Å²) in [5.74, 6) is -1.28. The number of rotatable bonds is 5. The Kier molecular flexibility index (Phi) is 4.28. The summed E-state index contributed by atoms with van der Waals surface area (Å²) in [5.41, 5.74) is 0. The number of amides is 1. The number of carboxylic acid groups (broad SMARTS) is 1. The minimum atomic E-state index is -1.35. The van der Waals surface area contributed by atoms with Gasteiger partial charge >= 0.3 is 5.97 Å². The van der Waals surface area contributed by atoms with Gasteiger partial charge in [-0.3, -0.25) is 4.79 Å². The van der Waals surface area contributed by atoms with E-state index in [2.05, 4.69) is 5.32 Å². The van der Waals surface area contributed by atoms with Crippen molar-refractivity contribution >= 4 is 11.9 Å². The van der Waals surface area contributed by atoms with E-state index in [1.54, 1.807) is 6.07 Å². The fourth-order valence-electron chi connectivity index (χ4n) is 1.29. The molecule has 1 aromatic rings. The lowest BCUT2D eigenvalue weighted by atomic mass is 10.2. The van der Waals surface area contributed by atoms with Gasteiger partial charge in [-0.25, -0.2) is 4.79 Å². The second-order valence-corrected chi connectivity index (χ2v) is 3.65. The minimum absolute atomic E-state index is 0.0359. The van der Waals surface area contributed by atoms with Crippen molar-refractivity contribution in [3.63, 3.8) is 0 Å². The molecule has 6 heteroatoms. The third kappa shape index (κ3) is 3.32. The number of hydrogen-bond acceptors (Lipinski definition) is 4. The van der Waals surface area contributed by atoms with E-state index in [0.717, 1.165) is 0 Å². The molecule has 6 nitrogen and oxygen atoms in total. The van der Waals surface area contributed by atoms with Crippen molar-refractivity contribution in [2.24, 2.45) is 0 Å². The van der Waals surface area contributed by atoms with Crippen LogP contribution in [0.2, 0.25) is 0 Å². The number of aliphatic hydroxyl groups is 1. The molecule has 3 N–H and O–H groups in total. The first-order valence-corrected chi connectivity index (χ1v) is 5.26. The van der Waals surface area contributed by atoms with Crippen LogP contribution in [-0.4, -0.2) is 34.2 Å². The zero-order valence-corrected chi connectivity index (χ0v) is 9.64. The van der Waals surface area contributed by atoms with Crippen LogP contribution in [0.25, 0.3) is 0 Å². The van der Waals surface area contributed by atoms with Crippen LogP contribution >= 0.6 is 0 Å². The minimum Gasteiger partial charge on any atom is -0.480 e. The number of aliphatic carboxylic acids is 1. The Labute approximate surface area is 98.2 Å². The SMILES string of the molecule is CCc1ccc(C(=O)NC(C(=O)O)C(C)O)o1. The predicted octanol–water partition coefficient (Wildman–Crippen LogP) is 0.406. The van der Waals surface area contributed by atoms with Gasteiger partial charge in [0.15, 0.2) is 11.8 Å². The zero-order chi connectivity index (χ0) is 13.0. The molecule has 0 bridgehead atoms. The summed E-state index contributed by atoms with van der Waals surface area (Å²) in [6, 6.07) is 1.76. The van der Waals surface area contributed by atoms with E-state index in [-0.39, 0.29) is 5.76 Å². The number of nitrogens with one attached hydrogen (secondary N) is 1. The molecule has 0 aliphatic rings. The lowest BCUT2D eigenvalue weighted by Gasteiger charge is -2.15. The van der Waals surface area contributed by atoms with E-state index in [1.807, 2.05) is 6.92 Å². The standard InChI is InChI=1S/C11H15NO5/c1-3-7-4-5-8(17-7)10(14)12-9(6(2)13)11(15)16/h4-6,9,13H,3H2,1-2H3,(H,12,14)(H,15,16). The van der Waals surface area contributed by atoms with Gasteiger partial charge in [0.2, 0.25) is 0 Å². The van der Waals surface area contributed by atoms with Gasteiger partial charge in [-0.15, -0.1) is 0 Å². The molecule has 2 atom stereocenters. The average Bonchev–Trinajstić information content (AvgIpc) is 2.73. The average molecular weight is 241 g/mol. The third-order valence-corrected chi connectivity index (χ3v) is 2.27. The Morgan fingerprint density at radius 1 is 1.47 bits per heavy atom. The quantitative estimate of drug-likeness (QED) is 0.693. The molecular weight excluding hydrogens is 226 g/mol. The fraction of sp³-hybridized carbons (Fsp3) is 0.455. The molecule has 1 aromatic heterocycles. The largest absolute Gasteiger partial charge is 0.480 e. The smallest absolute Gasteiger partial charge is 0.328 e. The molecular formula is C11H15NO5. The molecule has 1 heterocycles. The Morgan fingerprint density at radius 2 is 2.12 bits per heavy atom. The second-order valence-electron chi connectivity index (χ2n) is 3.65. The summed E-state index contributed by atoms with van der Waals surface area (Å²) in [6.45, 7) is 3.16. The van der Waals surface area contributed by atoms with Crippen molar-refractivity contribution in [1.29, 1.82) is 0 Å². The molecule has 1 amide bonds. The van der Waals surface area contributed by atoms with Gasteiger partial charge in [0.1, 0.15) is 5.76 Å². The van der Waals surface area contributed by atoms with Crippen molar-refractivity contribution in [1.82, 2.24) is 5.32 Å². The molecule has 0 aliphatic carbocycles. The number of aliphatic hydroxyl groups excluding tert-OH is 1. The molecule has 0 saturated carbocycles. The van der Waals surface area contributed by atoms with Crippen molar-refractivity contribution in [2.75, 3.05) is 0 Å². The van der Waals surface area contributed by atoms with Gasteiger partial charge in [-0.1, -0.05) is 6.92 Å². The maximum Gasteiger partial charge on any atom is 0.328 e. The number of carbonyl (C=O) groups excluding carboxylic acids is 1. The van der Waals surface area contributed by atoms with Gasteiger partial charge < -0.3 is 19.9 Å². The topological polar surface area (TPSA) is 99.8 Å². The first-order valence-electron chi connectivity index (χ1n) is 5.26. The fourth-order valence-corrected chi connectivity index (χ4v) is 1.29. The molecule has 1 rings (SSSR count). The molecule has 17 heavy (non-hydrogen) atoms. The molecule has 0 radical (unpaired) electrons. The third-order valence-electron chi connectivity index (χ3n) is 2.27. The Bertz CT molecular complexity index is 410. The first kappa shape index (κ1) is 13.2. The molecule has 0 aliphatic heterocycles. The maximum absolute atomic E-state index is 11.6. The zero-order valence-electron chi connectivity index (χ0n) is 9.64. The number of carbonyl (C=O) groups is 2. The van der Waals surface area contributed by atoms with Gasteiger partial charge in [0.25, 0.3) is 5.91 Å². The maximum atomic E-state index is 11.6. The van der Waals surface area contributed by atoms with Crippen LogP contribution in [0.1, 0.15) is 30.2 Å². The van der Waals surface area contributed by atoms with E-state index in [0.29, 0.717) is 12.2 Å². The summed E-state index contributed by atoms with van der Waals surface area (Å²) >= 11 is 0. The first-order chi connectivity index (χ1) is 7.95. The highest BCUT2D eigenvalue weighted by atomic mass is 16.4. The van der Waals surface area contributed by atoms with Crippen LogP contribution in [0.4, 0.5) is 0 Å². The summed E-state index contributed by atoms with van der Waals surface area (Å²) in [7, 11) is 0. The van der Waals surface area contributed by atoms with Gasteiger partial charge in [0.05, 0.1) is 6.10 Å². The highest BCUT2D eigenvalue weighted by molar-refractivity contribution is 5.94. The summed E-state index contributed by atoms with van der Waals surface area (Å²) in [6.07, 6.45) is -0.538. The molecule has 2 unspecified atom stereocenters. The van der Waals surface area contributed by atoms with Gasteiger partial charge in [-0.05, 0) is 19.1 Å². The lowest BCUT2D eigenvalue weighted by molar-refractivity contribution is -0.141. The van der Waals surface area contributed by atoms with Crippen LogP contribution in [0, 0.1) is 0 Å². The summed E-state index contributed by atoms with van der Waals surface area (Å²) in [5, 5.41) is 20.2. The highest BCUT2D eigenvalue weighted by Gasteiger charge is 2.26. The molecule has 0 spiro atoms. The number of furan rings is 1. The van der Waals surface area contributed by atoms with E-state index in [9.17, 15) is 14.7 Å². The Hall–Kier alpha value is -1.82. The van der Waals surface area contributed by atoms with Crippen LogP contribution in [0.5, 0.6) is 0 Å². The van der Waals surface area contributed by atoms with E-state index in [4.69, 9.17) is 9.52 Å². The second kappa shape index (κ2) is 5.49. The molecule has 0 aromatic carbocycles. The van der Waals surface area contributed by atoms with Crippen molar-refractivity contribution in [3.05, 3.63) is 23.7 Å². The van der Waals surface area contributed by atoms with Gasteiger partial charge in [0, 0.05) is 6.42 Å². The molecule has 0 fully saturated rings. The van der Waals surface area contributed by atoms with E-state index in [1.165, 1.54) is 13.0 Å². The molecule has 0 saturated heterocycles. The summed E-state index contributed by atoms with van der Waals surface area (Å²) < 4.78 is 5.17. The van der Waals surface area contributed by atoms with Crippen LogP contribution < -0.4 is 5.32 Å². The summed E-state index contributed by atoms with van der Waals surface area (Å²) in [4.78, 5) is 22.4. The van der Waals surface area contributed by atoms with Crippen LogP contribution in [-0.2, 0) is 11.2 Å². The highest BCUT2D eigenvalue weighted by Crippen LogP contribution is 2.08. The molecule has 94 valence electrons. The lowest BCUT2D eigenvalue weighted by Crippen LogP contribution is -2.47. The Morgan fingerprint density at radius 3 is 2.53 bits per heavy atom.